The Hall–Kier alpha value is -2.35. The maximum absolute atomic E-state index is 8.92. The molecule has 0 spiro atoms. The van der Waals surface area contributed by atoms with E-state index in [0.29, 0.717) is 17.9 Å². The first kappa shape index (κ1) is 11.1. The van der Waals surface area contributed by atoms with Crippen molar-refractivity contribution < 1.29 is 0 Å². The first-order valence-corrected chi connectivity index (χ1v) is 5.32. The molecule has 0 atom stereocenters. The monoisotopic (exact) mass is 227 g/mol. The summed E-state index contributed by atoms with van der Waals surface area (Å²) in [6, 6.07) is 5.58. The van der Waals surface area contributed by atoms with Crippen LogP contribution in [0.2, 0.25) is 0 Å². The van der Waals surface area contributed by atoms with Gasteiger partial charge in [-0.1, -0.05) is 0 Å². The Bertz CT molecular complexity index is 565. The molecule has 2 heterocycles. The number of rotatable bonds is 3. The van der Waals surface area contributed by atoms with Gasteiger partial charge in [-0.15, -0.1) is 0 Å². The molecule has 2 rings (SSSR count). The lowest BCUT2D eigenvalue weighted by atomic mass is 10.2. The van der Waals surface area contributed by atoms with Gasteiger partial charge in [0.25, 0.3) is 0 Å². The van der Waals surface area contributed by atoms with Crippen LogP contribution in [-0.4, -0.2) is 15.2 Å². The highest BCUT2D eigenvalue weighted by Gasteiger charge is 2.07. The maximum atomic E-state index is 8.92. The van der Waals surface area contributed by atoms with Gasteiger partial charge >= 0.3 is 0 Å². The quantitative estimate of drug-likeness (QED) is 0.839. The molecule has 0 fully saturated rings. The van der Waals surface area contributed by atoms with Gasteiger partial charge in [-0.2, -0.15) is 10.4 Å². The first-order chi connectivity index (χ1) is 8.22. The van der Waals surface area contributed by atoms with E-state index in [0.717, 1.165) is 17.0 Å². The summed E-state index contributed by atoms with van der Waals surface area (Å²) >= 11 is 0. The van der Waals surface area contributed by atoms with Crippen molar-refractivity contribution in [1.82, 2.24) is 15.2 Å². The lowest BCUT2D eigenvalue weighted by Gasteiger charge is -2.05. The van der Waals surface area contributed by atoms with Gasteiger partial charge in [-0.3, -0.25) is 5.10 Å². The number of nitriles is 1. The Morgan fingerprint density at radius 3 is 2.94 bits per heavy atom. The van der Waals surface area contributed by atoms with Crippen LogP contribution in [0.4, 0.5) is 5.82 Å². The molecular formula is C12H13N5. The maximum Gasteiger partial charge on any atom is 0.144 e. The van der Waals surface area contributed by atoms with Gasteiger partial charge in [0.1, 0.15) is 11.9 Å². The van der Waals surface area contributed by atoms with Gasteiger partial charge in [-0.25, -0.2) is 4.98 Å². The van der Waals surface area contributed by atoms with Crippen LogP contribution in [-0.2, 0) is 6.54 Å². The van der Waals surface area contributed by atoms with Crippen LogP contribution >= 0.6 is 0 Å². The lowest BCUT2D eigenvalue weighted by molar-refractivity contribution is 0.959. The predicted octanol–water partition coefficient (Wildman–Crippen LogP) is 1.91. The Morgan fingerprint density at radius 1 is 1.47 bits per heavy atom. The number of aromatic nitrogens is 3. The Morgan fingerprint density at radius 2 is 2.29 bits per heavy atom. The minimum absolute atomic E-state index is 0.539. The van der Waals surface area contributed by atoms with Crippen LogP contribution in [0.5, 0.6) is 0 Å². The molecule has 0 bridgehead atoms. The summed E-state index contributed by atoms with van der Waals surface area (Å²) in [6.45, 7) is 4.55. The van der Waals surface area contributed by atoms with E-state index in [1.54, 1.807) is 18.3 Å². The second-order valence-electron chi connectivity index (χ2n) is 3.79. The first-order valence-electron chi connectivity index (χ1n) is 5.32. The average Bonchev–Trinajstić information content (AvgIpc) is 2.68. The van der Waals surface area contributed by atoms with Crippen molar-refractivity contribution in [2.45, 2.75) is 20.4 Å². The van der Waals surface area contributed by atoms with Crippen LogP contribution in [0.15, 0.2) is 18.3 Å². The predicted molar refractivity (Wildman–Crippen MR) is 64.3 cm³/mol. The summed E-state index contributed by atoms with van der Waals surface area (Å²) in [5.41, 5.74) is 3.67. The highest BCUT2D eigenvalue weighted by molar-refractivity contribution is 5.51. The molecule has 0 aliphatic rings. The molecule has 2 N–H and O–H groups in total. The fourth-order valence-electron chi connectivity index (χ4n) is 1.51. The topological polar surface area (TPSA) is 77.4 Å². The van der Waals surface area contributed by atoms with Crippen LogP contribution in [0.1, 0.15) is 22.5 Å². The lowest BCUT2D eigenvalue weighted by Crippen LogP contribution is -2.04. The van der Waals surface area contributed by atoms with E-state index in [2.05, 4.69) is 26.6 Å². The molecule has 86 valence electrons. The zero-order valence-electron chi connectivity index (χ0n) is 9.78. The SMILES string of the molecule is Cc1[nH]nc(CNc2ncccc2C#N)c1C. The summed E-state index contributed by atoms with van der Waals surface area (Å²) < 4.78 is 0. The Kier molecular flexibility index (Phi) is 3.06. The third-order valence-corrected chi connectivity index (χ3v) is 2.71. The molecule has 0 radical (unpaired) electrons. The number of aryl methyl sites for hydroxylation is 1. The van der Waals surface area contributed by atoms with Crippen molar-refractivity contribution in [3.8, 4) is 6.07 Å². The zero-order valence-corrected chi connectivity index (χ0v) is 9.78. The van der Waals surface area contributed by atoms with Crippen molar-refractivity contribution >= 4 is 5.82 Å². The standard InChI is InChI=1S/C12H13N5/c1-8-9(2)16-17-11(8)7-15-12-10(6-13)4-3-5-14-12/h3-5H,7H2,1-2H3,(H,14,15)(H,16,17). The minimum atomic E-state index is 0.539. The second-order valence-corrected chi connectivity index (χ2v) is 3.79. The third-order valence-electron chi connectivity index (χ3n) is 2.71. The fourth-order valence-corrected chi connectivity index (χ4v) is 1.51. The van der Waals surface area contributed by atoms with E-state index in [1.807, 2.05) is 13.8 Å². The van der Waals surface area contributed by atoms with Crippen molar-refractivity contribution in [3.63, 3.8) is 0 Å². The van der Waals surface area contributed by atoms with Crippen LogP contribution in [0.3, 0.4) is 0 Å². The third kappa shape index (κ3) is 2.26. The van der Waals surface area contributed by atoms with E-state index in [1.165, 1.54) is 0 Å². The molecule has 0 aliphatic carbocycles. The average molecular weight is 227 g/mol. The van der Waals surface area contributed by atoms with Crippen molar-refractivity contribution in [2.24, 2.45) is 0 Å². The summed E-state index contributed by atoms with van der Waals surface area (Å²) in [7, 11) is 0. The molecule has 0 unspecified atom stereocenters. The molecule has 2 aromatic rings. The molecule has 0 saturated carbocycles. The molecule has 0 aromatic carbocycles. The van der Waals surface area contributed by atoms with Crippen molar-refractivity contribution in [1.29, 1.82) is 5.26 Å². The van der Waals surface area contributed by atoms with E-state index < -0.39 is 0 Å². The van der Waals surface area contributed by atoms with Crippen LogP contribution in [0, 0.1) is 25.2 Å². The van der Waals surface area contributed by atoms with Gasteiger partial charge in [-0.05, 0) is 31.5 Å². The Balaban J connectivity index is 2.13. The van der Waals surface area contributed by atoms with Crippen molar-refractivity contribution in [2.75, 3.05) is 5.32 Å². The van der Waals surface area contributed by atoms with Crippen molar-refractivity contribution in [3.05, 3.63) is 40.8 Å². The molecule has 0 saturated heterocycles. The Labute approximate surface area is 99.5 Å². The number of hydrogen-bond donors (Lipinski definition) is 2. The number of anilines is 1. The number of H-pyrrole nitrogens is 1. The number of pyridine rings is 1. The summed E-state index contributed by atoms with van der Waals surface area (Å²) in [5.74, 6) is 0.593. The van der Waals surface area contributed by atoms with Crippen LogP contribution in [0.25, 0.3) is 0 Å². The molecule has 5 heteroatoms. The van der Waals surface area contributed by atoms with E-state index in [4.69, 9.17) is 5.26 Å². The summed E-state index contributed by atoms with van der Waals surface area (Å²) in [4.78, 5) is 4.13. The summed E-state index contributed by atoms with van der Waals surface area (Å²) in [6.07, 6.45) is 1.66. The number of hydrogen-bond acceptors (Lipinski definition) is 4. The van der Waals surface area contributed by atoms with Gasteiger partial charge in [0.05, 0.1) is 17.8 Å². The van der Waals surface area contributed by atoms with Gasteiger partial charge < -0.3 is 5.32 Å². The van der Waals surface area contributed by atoms with Gasteiger partial charge in [0.2, 0.25) is 0 Å². The fraction of sp³-hybridized carbons (Fsp3) is 0.250. The number of nitrogens with zero attached hydrogens (tertiary/aromatic N) is 3. The largest absolute Gasteiger partial charge is 0.363 e. The molecule has 2 aromatic heterocycles. The highest BCUT2D eigenvalue weighted by atomic mass is 15.1. The second kappa shape index (κ2) is 4.66. The van der Waals surface area contributed by atoms with Gasteiger partial charge in [0, 0.05) is 11.9 Å². The zero-order chi connectivity index (χ0) is 12.3. The smallest absolute Gasteiger partial charge is 0.144 e. The number of nitrogens with one attached hydrogen (secondary N) is 2. The molecule has 17 heavy (non-hydrogen) atoms. The molecular weight excluding hydrogens is 214 g/mol. The highest BCUT2D eigenvalue weighted by Crippen LogP contribution is 2.13. The summed E-state index contributed by atoms with van der Waals surface area (Å²) in [5, 5.41) is 19.2. The van der Waals surface area contributed by atoms with Gasteiger partial charge in [0.15, 0.2) is 0 Å². The van der Waals surface area contributed by atoms with Crippen LogP contribution < -0.4 is 5.32 Å². The minimum Gasteiger partial charge on any atom is -0.363 e. The van der Waals surface area contributed by atoms with E-state index >= 15 is 0 Å². The van der Waals surface area contributed by atoms with E-state index in [-0.39, 0.29) is 0 Å². The van der Waals surface area contributed by atoms with E-state index in [9.17, 15) is 0 Å². The molecule has 5 nitrogen and oxygen atoms in total. The molecule has 0 amide bonds. The molecule has 0 aliphatic heterocycles. The normalized spacial score (nSPS) is 9.94. The number of aromatic amines is 1.